The first kappa shape index (κ1) is 14.6. The molecule has 0 aliphatic rings. The van der Waals surface area contributed by atoms with Gasteiger partial charge < -0.3 is 5.11 Å². The van der Waals surface area contributed by atoms with Crippen molar-refractivity contribution < 1.29 is 14.7 Å². The molecule has 0 saturated carbocycles. The predicted octanol–water partition coefficient (Wildman–Crippen LogP) is 1.13. The molecule has 7 heteroatoms. The number of nitrogens with zero attached hydrogens (tertiary/aromatic N) is 1. The van der Waals surface area contributed by atoms with Crippen LogP contribution < -0.4 is 5.43 Å². The molecule has 0 radical (unpaired) electrons. The standard InChI is InChI=1S/C11H12N2O3S2/c14-9(15)7-11(10(16)17,12-13-18)6-8-4-2-1-3-5-8/h1-5H,6-7H2,(H,12,18)(H,14,15)(H,16,17). The maximum atomic E-state index is 11.6. The molecule has 1 aromatic carbocycles. The largest absolute Gasteiger partial charge is 0.481 e. The Morgan fingerprint density at radius 2 is 2.00 bits per heavy atom. The average molecular weight is 284 g/mol. The number of carboxylic acid groups (broad SMARTS) is 1. The SMILES string of the molecule is O=C(O)CC(Cc1ccccc1)(NN=S)C(=O)S. The summed E-state index contributed by atoms with van der Waals surface area (Å²) in [6.45, 7) is 0. The van der Waals surface area contributed by atoms with Crippen LogP contribution in [0.3, 0.4) is 0 Å². The van der Waals surface area contributed by atoms with Crippen molar-refractivity contribution in [3.8, 4) is 0 Å². The molecule has 1 unspecified atom stereocenters. The van der Waals surface area contributed by atoms with E-state index in [9.17, 15) is 9.59 Å². The summed E-state index contributed by atoms with van der Waals surface area (Å²) in [7, 11) is 0. The normalized spacial score (nSPS) is 13.4. The second-order valence-electron chi connectivity index (χ2n) is 3.82. The van der Waals surface area contributed by atoms with Crippen LogP contribution in [0.25, 0.3) is 0 Å². The van der Waals surface area contributed by atoms with E-state index >= 15 is 0 Å². The summed E-state index contributed by atoms with van der Waals surface area (Å²) in [4.78, 5) is 22.5. The Balaban J connectivity index is 3.05. The van der Waals surface area contributed by atoms with Gasteiger partial charge in [0.1, 0.15) is 5.54 Å². The van der Waals surface area contributed by atoms with Crippen molar-refractivity contribution in [3.63, 3.8) is 0 Å². The monoisotopic (exact) mass is 284 g/mol. The Labute approximate surface area is 115 Å². The molecular weight excluding hydrogens is 272 g/mol. The average Bonchev–Trinajstić information content (AvgIpc) is 2.29. The van der Waals surface area contributed by atoms with Crippen LogP contribution in [0, 0.1) is 0 Å². The minimum absolute atomic E-state index is 0.155. The van der Waals surface area contributed by atoms with Crippen molar-refractivity contribution in [2.75, 3.05) is 0 Å². The quantitative estimate of drug-likeness (QED) is 0.517. The highest BCUT2D eigenvalue weighted by atomic mass is 32.1. The lowest BCUT2D eigenvalue weighted by atomic mass is 9.89. The maximum Gasteiger partial charge on any atom is 0.306 e. The number of carbonyl (C=O) groups is 2. The third-order valence-electron chi connectivity index (χ3n) is 2.47. The first-order valence-corrected chi connectivity index (χ1v) is 5.90. The lowest BCUT2D eigenvalue weighted by molar-refractivity contribution is -0.140. The van der Waals surface area contributed by atoms with E-state index in [4.69, 9.17) is 5.11 Å². The van der Waals surface area contributed by atoms with Crippen LogP contribution in [-0.4, -0.2) is 21.7 Å². The Kier molecular flexibility index (Phi) is 5.24. The van der Waals surface area contributed by atoms with Crippen LogP contribution >= 0.6 is 12.6 Å². The van der Waals surface area contributed by atoms with Gasteiger partial charge in [-0.1, -0.05) is 30.3 Å². The van der Waals surface area contributed by atoms with E-state index in [0.29, 0.717) is 0 Å². The Morgan fingerprint density at radius 1 is 1.39 bits per heavy atom. The third-order valence-corrected chi connectivity index (χ3v) is 2.99. The van der Waals surface area contributed by atoms with Crippen molar-refractivity contribution in [3.05, 3.63) is 35.9 Å². The molecule has 96 valence electrons. The fourth-order valence-corrected chi connectivity index (χ4v) is 2.01. The van der Waals surface area contributed by atoms with Gasteiger partial charge in [0.05, 0.1) is 18.8 Å². The van der Waals surface area contributed by atoms with Gasteiger partial charge in [-0.15, -0.1) is 17.1 Å². The van der Waals surface area contributed by atoms with Gasteiger partial charge in [-0.05, 0) is 5.56 Å². The van der Waals surface area contributed by atoms with Crippen LogP contribution in [0.5, 0.6) is 0 Å². The summed E-state index contributed by atoms with van der Waals surface area (Å²) >= 11 is 8.17. The highest BCUT2D eigenvalue weighted by molar-refractivity contribution is 7.96. The van der Waals surface area contributed by atoms with Gasteiger partial charge in [-0.2, -0.15) is 0 Å². The van der Waals surface area contributed by atoms with Gasteiger partial charge in [0.25, 0.3) is 0 Å². The molecule has 0 aromatic heterocycles. The first-order chi connectivity index (χ1) is 8.50. The molecule has 1 rings (SSSR count). The molecule has 0 amide bonds. The molecule has 5 nitrogen and oxygen atoms in total. The molecule has 0 heterocycles. The maximum absolute atomic E-state index is 11.6. The van der Waals surface area contributed by atoms with Gasteiger partial charge in [-0.3, -0.25) is 15.0 Å². The van der Waals surface area contributed by atoms with E-state index in [1.165, 1.54) is 0 Å². The zero-order chi connectivity index (χ0) is 13.6. The summed E-state index contributed by atoms with van der Waals surface area (Å²) in [5, 5.41) is 8.29. The number of carboxylic acids is 1. The molecule has 0 bridgehead atoms. The van der Waals surface area contributed by atoms with Crippen LogP contribution in [0.1, 0.15) is 12.0 Å². The minimum atomic E-state index is -1.42. The smallest absolute Gasteiger partial charge is 0.306 e. The number of hydrogen-bond acceptors (Lipinski definition) is 4. The number of rotatable bonds is 7. The van der Waals surface area contributed by atoms with E-state index < -0.39 is 23.0 Å². The Bertz CT molecular complexity index is 453. The molecule has 1 atom stereocenters. The van der Waals surface area contributed by atoms with Gasteiger partial charge in [0, 0.05) is 6.42 Å². The van der Waals surface area contributed by atoms with Crippen molar-refractivity contribution in [2.24, 2.45) is 4.47 Å². The molecule has 2 N–H and O–H groups in total. The number of thiol groups is 1. The third kappa shape index (κ3) is 3.78. The van der Waals surface area contributed by atoms with E-state index in [2.05, 4.69) is 35.0 Å². The van der Waals surface area contributed by atoms with Crippen molar-refractivity contribution >= 4 is 36.1 Å². The Morgan fingerprint density at radius 3 is 2.44 bits per heavy atom. The van der Waals surface area contributed by atoms with Gasteiger partial charge in [-0.25, -0.2) is 0 Å². The van der Waals surface area contributed by atoms with Gasteiger partial charge >= 0.3 is 5.97 Å². The van der Waals surface area contributed by atoms with Gasteiger partial charge in [0.2, 0.25) is 5.12 Å². The van der Waals surface area contributed by atoms with Crippen LogP contribution in [-0.2, 0) is 28.4 Å². The topological polar surface area (TPSA) is 78.8 Å². The van der Waals surface area contributed by atoms with Crippen LogP contribution in [0.2, 0.25) is 0 Å². The lowest BCUT2D eigenvalue weighted by Gasteiger charge is -2.28. The fourth-order valence-electron chi connectivity index (χ4n) is 1.63. The summed E-state index contributed by atoms with van der Waals surface area (Å²) in [5.41, 5.74) is 1.79. The summed E-state index contributed by atoms with van der Waals surface area (Å²) < 4.78 is 3.28. The number of nitrogens with one attached hydrogen (secondary N) is 1. The van der Waals surface area contributed by atoms with E-state index in [1.54, 1.807) is 24.3 Å². The molecule has 0 fully saturated rings. The minimum Gasteiger partial charge on any atom is -0.481 e. The summed E-state index contributed by atoms with van der Waals surface area (Å²) in [6, 6.07) is 9.01. The number of benzene rings is 1. The van der Waals surface area contributed by atoms with Crippen LogP contribution in [0.4, 0.5) is 0 Å². The van der Waals surface area contributed by atoms with Gasteiger partial charge in [0.15, 0.2) is 0 Å². The van der Waals surface area contributed by atoms with E-state index in [0.717, 1.165) is 5.56 Å². The van der Waals surface area contributed by atoms with Crippen molar-refractivity contribution in [2.45, 2.75) is 18.4 Å². The van der Waals surface area contributed by atoms with Crippen molar-refractivity contribution in [1.29, 1.82) is 0 Å². The number of hydrogen-bond donors (Lipinski definition) is 3. The molecule has 0 aliphatic carbocycles. The molecule has 0 aliphatic heterocycles. The number of carbonyl (C=O) groups excluding carboxylic acids is 1. The highest BCUT2D eigenvalue weighted by Gasteiger charge is 2.39. The lowest BCUT2D eigenvalue weighted by Crippen LogP contribution is -2.51. The zero-order valence-corrected chi connectivity index (χ0v) is 11.1. The molecule has 0 spiro atoms. The second kappa shape index (κ2) is 6.46. The highest BCUT2D eigenvalue weighted by Crippen LogP contribution is 2.21. The number of aliphatic carboxylic acids is 1. The van der Waals surface area contributed by atoms with E-state index in [-0.39, 0.29) is 6.42 Å². The van der Waals surface area contributed by atoms with Crippen LogP contribution in [0.15, 0.2) is 34.8 Å². The molecule has 0 saturated heterocycles. The second-order valence-corrected chi connectivity index (χ2v) is 4.41. The molecular formula is C11H12N2O3S2. The first-order valence-electron chi connectivity index (χ1n) is 5.09. The fraction of sp³-hybridized carbons (Fsp3) is 0.273. The Hall–Kier alpha value is -1.47. The summed E-state index contributed by atoms with van der Waals surface area (Å²) in [5.74, 6) is -1.13. The van der Waals surface area contributed by atoms with E-state index in [1.807, 2.05) is 6.07 Å². The molecule has 18 heavy (non-hydrogen) atoms. The predicted molar refractivity (Wildman–Crippen MR) is 72.1 cm³/mol. The van der Waals surface area contributed by atoms with Crippen molar-refractivity contribution in [1.82, 2.24) is 5.43 Å². The summed E-state index contributed by atoms with van der Waals surface area (Å²) in [6.07, 6.45) is -0.285. The molecule has 1 aromatic rings. The zero-order valence-electron chi connectivity index (χ0n) is 9.37.